The highest BCUT2D eigenvalue weighted by molar-refractivity contribution is 6.30. The van der Waals surface area contributed by atoms with Crippen molar-refractivity contribution in [2.75, 3.05) is 19.7 Å². The number of esters is 1. The van der Waals surface area contributed by atoms with E-state index in [1.165, 1.54) is 4.90 Å². The zero-order chi connectivity index (χ0) is 22.9. The van der Waals surface area contributed by atoms with E-state index in [1.807, 2.05) is 18.2 Å². The van der Waals surface area contributed by atoms with Crippen LogP contribution in [0.15, 0.2) is 54.6 Å². The Balaban J connectivity index is 1.84. The molecule has 0 aliphatic heterocycles. The zero-order valence-electron chi connectivity index (χ0n) is 17.1. The van der Waals surface area contributed by atoms with Crippen molar-refractivity contribution in [3.05, 3.63) is 65.2 Å². The van der Waals surface area contributed by atoms with Crippen LogP contribution < -0.4 is 0 Å². The van der Waals surface area contributed by atoms with Gasteiger partial charge in [-0.15, -0.1) is 0 Å². The Morgan fingerprint density at radius 2 is 1.66 bits per heavy atom. The highest BCUT2D eigenvalue weighted by atomic mass is 35.5. The molecule has 0 atom stereocenters. The van der Waals surface area contributed by atoms with Crippen molar-refractivity contribution in [2.45, 2.75) is 12.8 Å². The lowest BCUT2D eigenvalue weighted by Crippen LogP contribution is -2.36. The molecule has 2 aromatic carbocycles. The van der Waals surface area contributed by atoms with Gasteiger partial charge < -0.3 is 9.64 Å². The standard InChI is InChI=1S/C24H19ClN4O3/c25-18-9-7-17(8-10-18)22-15-20(19-5-1-2-6-21(19)28-22)24(31)32-16-23(30)29(13-3-11-26)14-4-12-27/h1-2,5-10,15H,3-4,13-14,16H2. The minimum atomic E-state index is -0.660. The summed E-state index contributed by atoms with van der Waals surface area (Å²) in [4.78, 5) is 31.4. The average molecular weight is 447 g/mol. The number of carbonyl (C=O) groups is 2. The first-order valence-electron chi connectivity index (χ1n) is 9.88. The van der Waals surface area contributed by atoms with Crippen molar-refractivity contribution in [3.63, 3.8) is 0 Å². The molecule has 3 rings (SSSR count). The van der Waals surface area contributed by atoms with Crippen LogP contribution in [-0.2, 0) is 9.53 Å². The topological polar surface area (TPSA) is 107 Å². The first kappa shape index (κ1) is 22.7. The van der Waals surface area contributed by atoms with E-state index in [0.29, 0.717) is 21.6 Å². The summed E-state index contributed by atoms with van der Waals surface area (Å²) in [6, 6.07) is 19.8. The van der Waals surface area contributed by atoms with Gasteiger partial charge in [0.05, 0.1) is 41.8 Å². The molecular weight excluding hydrogens is 428 g/mol. The third kappa shape index (κ3) is 5.60. The smallest absolute Gasteiger partial charge is 0.339 e. The van der Waals surface area contributed by atoms with E-state index >= 15 is 0 Å². The fourth-order valence-electron chi connectivity index (χ4n) is 3.14. The maximum atomic E-state index is 12.9. The predicted molar refractivity (Wildman–Crippen MR) is 120 cm³/mol. The molecule has 3 aromatic rings. The van der Waals surface area contributed by atoms with Crippen LogP contribution in [0.2, 0.25) is 5.02 Å². The molecular formula is C24H19ClN4O3. The molecule has 0 spiro atoms. The molecule has 0 saturated heterocycles. The number of benzene rings is 2. The Hall–Kier alpha value is -3.94. The van der Waals surface area contributed by atoms with Gasteiger partial charge in [0.25, 0.3) is 5.91 Å². The SMILES string of the molecule is N#CCCN(CCC#N)C(=O)COC(=O)c1cc(-c2ccc(Cl)cc2)nc2ccccc12. The maximum absolute atomic E-state index is 12.9. The van der Waals surface area contributed by atoms with Gasteiger partial charge in [-0.25, -0.2) is 9.78 Å². The molecule has 0 fully saturated rings. The molecule has 0 radical (unpaired) electrons. The van der Waals surface area contributed by atoms with Crippen molar-refractivity contribution in [1.82, 2.24) is 9.88 Å². The molecule has 1 heterocycles. The lowest BCUT2D eigenvalue weighted by Gasteiger charge is -2.20. The second-order valence-electron chi connectivity index (χ2n) is 6.85. The van der Waals surface area contributed by atoms with E-state index in [4.69, 9.17) is 26.9 Å². The number of fused-ring (bicyclic) bond motifs is 1. The van der Waals surface area contributed by atoms with Gasteiger partial charge in [0.2, 0.25) is 0 Å². The van der Waals surface area contributed by atoms with E-state index in [0.717, 1.165) is 5.56 Å². The molecule has 8 heteroatoms. The number of hydrogen-bond acceptors (Lipinski definition) is 6. The summed E-state index contributed by atoms with van der Waals surface area (Å²) < 4.78 is 5.30. The summed E-state index contributed by atoms with van der Waals surface area (Å²) >= 11 is 5.97. The Morgan fingerprint density at radius 3 is 2.31 bits per heavy atom. The summed E-state index contributed by atoms with van der Waals surface area (Å²) in [6.07, 6.45) is 0.259. The van der Waals surface area contributed by atoms with Crippen LogP contribution in [0.4, 0.5) is 0 Å². The van der Waals surface area contributed by atoms with E-state index in [9.17, 15) is 9.59 Å². The number of para-hydroxylation sites is 1. The molecule has 0 unspecified atom stereocenters. The van der Waals surface area contributed by atoms with Gasteiger partial charge in [-0.2, -0.15) is 10.5 Å². The van der Waals surface area contributed by atoms with Crippen molar-refractivity contribution in [1.29, 1.82) is 10.5 Å². The molecule has 0 aliphatic rings. The second-order valence-corrected chi connectivity index (χ2v) is 7.29. The number of rotatable bonds is 8. The number of aromatic nitrogens is 1. The predicted octanol–water partition coefficient (Wildman–Crippen LogP) is 4.37. The number of hydrogen-bond donors (Lipinski definition) is 0. The Morgan fingerprint density at radius 1 is 1.00 bits per heavy atom. The summed E-state index contributed by atoms with van der Waals surface area (Å²) in [5, 5.41) is 18.7. The monoisotopic (exact) mass is 446 g/mol. The highest BCUT2D eigenvalue weighted by Crippen LogP contribution is 2.26. The normalized spacial score (nSPS) is 10.2. The minimum absolute atomic E-state index is 0.130. The fourth-order valence-corrected chi connectivity index (χ4v) is 3.27. The summed E-state index contributed by atoms with van der Waals surface area (Å²) in [5.41, 5.74) is 2.25. The first-order valence-corrected chi connectivity index (χ1v) is 10.3. The number of nitrogens with zero attached hydrogens (tertiary/aromatic N) is 4. The fraction of sp³-hybridized carbons (Fsp3) is 0.208. The minimum Gasteiger partial charge on any atom is -0.452 e. The third-order valence-corrected chi connectivity index (χ3v) is 4.99. The van der Waals surface area contributed by atoms with Crippen LogP contribution in [0.3, 0.4) is 0 Å². The quantitative estimate of drug-likeness (QED) is 0.475. The van der Waals surface area contributed by atoms with Gasteiger partial charge in [-0.3, -0.25) is 4.79 Å². The van der Waals surface area contributed by atoms with E-state index in [2.05, 4.69) is 4.98 Å². The largest absolute Gasteiger partial charge is 0.452 e. The molecule has 0 saturated carbocycles. The molecule has 0 bridgehead atoms. The molecule has 1 amide bonds. The number of carbonyl (C=O) groups excluding carboxylic acids is 2. The Bertz CT molecular complexity index is 1190. The van der Waals surface area contributed by atoms with Crippen LogP contribution in [0.5, 0.6) is 0 Å². The molecule has 7 nitrogen and oxygen atoms in total. The number of amides is 1. The van der Waals surface area contributed by atoms with Crippen molar-refractivity contribution in [3.8, 4) is 23.4 Å². The lowest BCUT2D eigenvalue weighted by atomic mass is 10.0. The number of halogens is 1. The number of ether oxygens (including phenoxy) is 1. The number of nitriles is 2. The van der Waals surface area contributed by atoms with E-state index < -0.39 is 18.5 Å². The van der Waals surface area contributed by atoms with Crippen molar-refractivity contribution >= 4 is 34.4 Å². The Labute approximate surface area is 190 Å². The molecule has 0 aliphatic carbocycles. The van der Waals surface area contributed by atoms with Gasteiger partial charge in [0.1, 0.15) is 0 Å². The summed E-state index contributed by atoms with van der Waals surface area (Å²) in [5.74, 6) is -1.12. The van der Waals surface area contributed by atoms with Crippen molar-refractivity contribution in [2.24, 2.45) is 0 Å². The van der Waals surface area contributed by atoms with Gasteiger partial charge in [-0.05, 0) is 24.3 Å². The van der Waals surface area contributed by atoms with Crippen LogP contribution in [0, 0.1) is 22.7 Å². The van der Waals surface area contributed by atoms with Gasteiger partial charge in [0.15, 0.2) is 6.61 Å². The zero-order valence-corrected chi connectivity index (χ0v) is 17.9. The molecule has 160 valence electrons. The average Bonchev–Trinajstić information content (AvgIpc) is 2.82. The van der Waals surface area contributed by atoms with Gasteiger partial charge in [-0.1, -0.05) is 41.9 Å². The summed E-state index contributed by atoms with van der Waals surface area (Å²) in [7, 11) is 0. The second kappa shape index (κ2) is 10.9. The van der Waals surface area contributed by atoms with Gasteiger partial charge >= 0.3 is 5.97 Å². The highest BCUT2D eigenvalue weighted by Gasteiger charge is 2.19. The summed E-state index contributed by atoms with van der Waals surface area (Å²) in [6.45, 7) is -0.135. The first-order chi connectivity index (χ1) is 15.5. The third-order valence-electron chi connectivity index (χ3n) is 4.74. The molecule has 1 aromatic heterocycles. The van der Waals surface area contributed by atoms with Crippen LogP contribution in [-0.4, -0.2) is 41.5 Å². The van der Waals surface area contributed by atoms with Crippen LogP contribution >= 0.6 is 11.6 Å². The molecule has 32 heavy (non-hydrogen) atoms. The Kier molecular flexibility index (Phi) is 7.75. The lowest BCUT2D eigenvalue weighted by molar-refractivity contribution is -0.134. The van der Waals surface area contributed by atoms with Crippen molar-refractivity contribution < 1.29 is 14.3 Å². The molecule has 0 N–H and O–H groups in total. The van der Waals surface area contributed by atoms with E-state index in [1.54, 1.807) is 48.5 Å². The van der Waals surface area contributed by atoms with Gasteiger partial charge in [0, 0.05) is 29.1 Å². The number of pyridine rings is 1. The van der Waals surface area contributed by atoms with Crippen LogP contribution in [0.25, 0.3) is 22.2 Å². The van der Waals surface area contributed by atoms with E-state index in [-0.39, 0.29) is 31.5 Å². The maximum Gasteiger partial charge on any atom is 0.339 e. The van der Waals surface area contributed by atoms with Crippen LogP contribution in [0.1, 0.15) is 23.2 Å².